The number of aliphatic hydroxyl groups is 1. The van der Waals surface area contributed by atoms with Crippen LogP contribution in [0, 0.1) is 0 Å². The number of aliphatic carboxylic acids is 2. The maximum atomic E-state index is 10.4. The maximum absolute atomic E-state index is 10.4. The van der Waals surface area contributed by atoms with Gasteiger partial charge in [-0.3, -0.25) is 9.59 Å². The number of carboxylic acid groups (broad SMARTS) is 2. The standard InChI is InChI=1S/C9H11NO2.C3H7NO3/c10-8(9(11)12)6-7-4-2-1-3-5-7;4-2(1-5)3(6)7/h1-5,8H,6,10H2,(H,11,12);2,5H,1,4H2,(H,6,7)/t8-;2-/m01/s1. The highest BCUT2D eigenvalue weighted by Crippen LogP contribution is 2.01. The van der Waals surface area contributed by atoms with Crippen molar-refractivity contribution in [3.8, 4) is 0 Å². The van der Waals surface area contributed by atoms with Gasteiger partial charge >= 0.3 is 11.9 Å². The molecule has 0 aliphatic carbocycles. The zero-order valence-corrected chi connectivity index (χ0v) is 10.3. The van der Waals surface area contributed by atoms with Crippen molar-refractivity contribution < 1.29 is 24.9 Å². The monoisotopic (exact) mass is 270 g/mol. The molecule has 7 nitrogen and oxygen atoms in total. The van der Waals surface area contributed by atoms with Crippen molar-refractivity contribution in [2.45, 2.75) is 18.5 Å². The van der Waals surface area contributed by atoms with E-state index in [1.165, 1.54) is 0 Å². The third-order valence-corrected chi connectivity index (χ3v) is 2.13. The van der Waals surface area contributed by atoms with E-state index < -0.39 is 30.6 Å². The predicted molar refractivity (Wildman–Crippen MR) is 68.5 cm³/mol. The maximum Gasteiger partial charge on any atom is 0.322 e. The molecule has 0 saturated carbocycles. The SMILES string of the molecule is N[C@@H](Cc1ccccc1)C(=O)O.N[C@H](CO)C(=O)O. The molecule has 0 unspecified atom stereocenters. The van der Waals surface area contributed by atoms with Gasteiger partial charge in [0.05, 0.1) is 6.61 Å². The molecule has 19 heavy (non-hydrogen) atoms. The molecule has 0 heterocycles. The molecule has 7 N–H and O–H groups in total. The second kappa shape index (κ2) is 9.03. The molecule has 0 amide bonds. The Kier molecular flexibility index (Phi) is 8.10. The van der Waals surface area contributed by atoms with Crippen molar-refractivity contribution in [3.63, 3.8) is 0 Å². The topological polar surface area (TPSA) is 147 Å². The molecule has 0 spiro atoms. The third-order valence-electron chi connectivity index (χ3n) is 2.13. The van der Waals surface area contributed by atoms with Crippen molar-refractivity contribution in [2.24, 2.45) is 11.5 Å². The van der Waals surface area contributed by atoms with E-state index in [0.29, 0.717) is 6.42 Å². The first-order valence-electron chi connectivity index (χ1n) is 5.50. The van der Waals surface area contributed by atoms with E-state index in [1.54, 1.807) is 0 Å². The lowest BCUT2D eigenvalue weighted by atomic mass is 10.1. The molecule has 0 fully saturated rings. The van der Waals surface area contributed by atoms with Crippen LogP contribution in [-0.4, -0.2) is 45.9 Å². The second-order valence-electron chi connectivity index (χ2n) is 3.76. The predicted octanol–water partition coefficient (Wildman–Crippen LogP) is -0.968. The number of hydrogen-bond donors (Lipinski definition) is 5. The highest BCUT2D eigenvalue weighted by atomic mass is 16.4. The summed E-state index contributed by atoms with van der Waals surface area (Å²) in [5, 5.41) is 24.4. The molecule has 0 radical (unpaired) electrons. The van der Waals surface area contributed by atoms with Crippen LogP contribution in [0.1, 0.15) is 5.56 Å². The first kappa shape index (κ1) is 17.0. The molecular weight excluding hydrogens is 252 g/mol. The van der Waals surface area contributed by atoms with E-state index in [9.17, 15) is 9.59 Å². The van der Waals surface area contributed by atoms with E-state index in [-0.39, 0.29) is 0 Å². The first-order chi connectivity index (χ1) is 8.88. The van der Waals surface area contributed by atoms with Crippen LogP contribution in [-0.2, 0) is 16.0 Å². The van der Waals surface area contributed by atoms with Gasteiger partial charge in [-0.25, -0.2) is 0 Å². The summed E-state index contributed by atoms with van der Waals surface area (Å²) in [5.74, 6) is -2.14. The Balaban J connectivity index is 0.000000399. The fourth-order valence-electron chi connectivity index (χ4n) is 1.03. The number of rotatable bonds is 5. The zero-order valence-electron chi connectivity index (χ0n) is 10.3. The minimum Gasteiger partial charge on any atom is -0.480 e. The Morgan fingerprint density at radius 3 is 1.79 bits per heavy atom. The van der Waals surface area contributed by atoms with Gasteiger partial charge in [0.2, 0.25) is 0 Å². The molecule has 1 aromatic rings. The van der Waals surface area contributed by atoms with Crippen LogP contribution in [0.5, 0.6) is 0 Å². The van der Waals surface area contributed by atoms with Gasteiger partial charge < -0.3 is 26.8 Å². The van der Waals surface area contributed by atoms with Crippen LogP contribution >= 0.6 is 0 Å². The van der Waals surface area contributed by atoms with Gasteiger partial charge in [0.1, 0.15) is 12.1 Å². The van der Waals surface area contributed by atoms with Crippen molar-refractivity contribution >= 4 is 11.9 Å². The number of aliphatic hydroxyl groups excluding tert-OH is 1. The quantitative estimate of drug-likeness (QED) is 0.462. The van der Waals surface area contributed by atoms with Crippen molar-refractivity contribution in [3.05, 3.63) is 35.9 Å². The molecular formula is C12H18N2O5. The van der Waals surface area contributed by atoms with Crippen molar-refractivity contribution in [1.29, 1.82) is 0 Å². The Bertz CT molecular complexity index is 396. The molecule has 7 heteroatoms. The average molecular weight is 270 g/mol. The lowest BCUT2D eigenvalue weighted by Gasteiger charge is -2.04. The summed E-state index contributed by atoms with van der Waals surface area (Å²) in [6, 6.07) is 7.42. The normalized spacial score (nSPS) is 12.8. The van der Waals surface area contributed by atoms with E-state index in [0.717, 1.165) is 5.56 Å². The molecule has 2 atom stereocenters. The Morgan fingerprint density at radius 1 is 1.00 bits per heavy atom. The van der Waals surface area contributed by atoms with Gasteiger partial charge in [-0.05, 0) is 12.0 Å². The molecule has 0 saturated heterocycles. The summed E-state index contributed by atoms with van der Waals surface area (Å²) in [4.78, 5) is 20.0. The van der Waals surface area contributed by atoms with Gasteiger partial charge in [0.15, 0.2) is 0 Å². The largest absolute Gasteiger partial charge is 0.480 e. The summed E-state index contributed by atoms with van der Waals surface area (Å²) in [5.41, 5.74) is 11.1. The Hall–Kier alpha value is -1.96. The smallest absolute Gasteiger partial charge is 0.322 e. The lowest BCUT2D eigenvalue weighted by Crippen LogP contribution is -2.33. The van der Waals surface area contributed by atoms with Crippen LogP contribution in [0.4, 0.5) is 0 Å². The minimum absolute atomic E-state index is 0.385. The van der Waals surface area contributed by atoms with E-state index in [4.69, 9.17) is 26.8 Å². The molecule has 1 rings (SSSR count). The Morgan fingerprint density at radius 2 is 1.47 bits per heavy atom. The number of carboxylic acids is 2. The van der Waals surface area contributed by atoms with Crippen molar-refractivity contribution in [2.75, 3.05) is 6.61 Å². The summed E-state index contributed by atoms with van der Waals surface area (Å²) in [6.07, 6.45) is 0.385. The number of nitrogens with two attached hydrogens (primary N) is 2. The van der Waals surface area contributed by atoms with Gasteiger partial charge in [0, 0.05) is 0 Å². The molecule has 0 aromatic heterocycles. The zero-order chi connectivity index (χ0) is 14.8. The highest BCUT2D eigenvalue weighted by Gasteiger charge is 2.10. The van der Waals surface area contributed by atoms with Gasteiger partial charge in [-0.2, -0.15) is 0 Å². The molecule has 1 aromatic carbocycles. The first-order valence-corrected chi connectivity index (χ1v) is 5.50. The number of carbonyl (C=O) groups is 2. The van der Waals surface area contributed by atoms with Crippen LogP contribution in [0.2, 0.25) is 0 Å². The van der Waals surface area contributed by atoms with Gasteiger partial charge in [0.25, 0.3) is 0 Å². The van der Waals surface area contributed by atoms with Gasteiger partial charge in [-0.15, -0.1) is 0 Å². The fraction of sp³-hybridized carbons (Fsp3) is 0.333. The number of benzene rings is 1. The molecule has 0 bridgehead atoms. The van der Waals surface area contributed by atoms with E-state index in [1.807, 2.05) is 30.3 Å². The minimum atomic E-state index is -1.18. The summed E-state index contributed by atoms with van der Waals surface area (Å²) < 4.78 is 0. The van der Waals surface area contributed by atoms with Crippen LogP contribution in [0.15, 0.2) is 30.3 Å². The highest BCUT2D eigenvalue weighted by molar-refractivity contribution is 5.73. The van der Waals surface area contributed by atoms with Crippen LogP contribution in [0.25, 0.3) is 0 Å². The van der Waals surface area contributed by atoms with E-state index in [2.05, 4.69) is 0 Å². The summed E-state index contributed by atoms with van der Waals surface area (Å²) >= 11 is 0. The van der Waals surface area contributed by atoms with Gasteiger partial charge in [-0.1, -0.05) is 30.3 Å². The van der Waals surface area contributed by atoms with Crippen LogP contribution in [0.3, 0.4) is 0 Å². The van der Waals surface area contributed by atoms with Crippen LogP contribution < -0.4 is 11.5 Å². The summed E-state index contributed by atoms with van der Waals surface area (Å²) in [6.45, 7) is -0.505. The third kappa shape index (κ3) is 7.87. The number of hydrogen-bond acceptors (Lipinski definition) is 5. The fourth-order valence-corrected chi connectivity index (χ4v) is 1.03. The molecule has 0 aliphatic rings. The van der Waals surface area contributed by atoms with Crippen molar-refractivity contribution in [1.82, 2.24) is 0 Å². The molecule has 0 aliphatic heterocycles. The lowest BCUT2D eigenvalue weighted by molar-refractivity contribution is -0.140. The van der Waals surface area contributed by atoms with E-state index >= 15 is 0 Å². The second-order valence-corrected chi connectivity index (χ2v) is 3.76. The molecule has 106 valence electrons. The average Bonchev–Trinajstić information content (AvgIpc) is 2.39. The Labute approximate surface area is 110 Å². The summed E-state index contributed by atoms with van der Waals surface area (Å²) in [7, 11) is 0.